The van der Waals surface area contributed by atoms with Crippen LogP contribution in [0.5, 0.6) is 5.75 Å². The Bertz CT molecular complexity index is 774. The lowest BCUT2D eigenvalue weighted by molar-refractivity contribution is 0.0908. The predicted octanol–water partition coefficient (Wildman–Crippen LogP) is 3.61. The van der Waals surface area contributed by atoms with Crippen molar-refractivity contribution in [3.63, 3.8) is 0 Å². The smallest absolute Gasteiger partial charge is 0.271 e. The van der Waals surface area contributed by atoms with E-state index in [0.29, 0.717) is 17.4 Å². The Morgan fingerprint density at radius 1 is 1.31 bits per heavy atom. The maximum atomic E-state index is 12.9. The molecule has 2 bridgehead atoms. The molecular formula is C20H24FN3O2. The number of hydrogen-bond acceptors (Lipinski definition) is 3. The van der Waals surface area contributed by atoms with Crippen molar-refractivity contribution in [3.8, 4) is 5.75 Å². The standard InChI is InChI=1S/C20H24FN3O2/c1-13(18-11-14-2-3-15(18)10-14)22-20(25)19-8-9-24(23-19)12-26-17-6-4-16(21)5-7-17/h4-9,13-15,18H,2-3,10-12H2,1H3,(H,22,25). The lowest BCUT2D eigenvalue weighted by atomic mass is 9.84. The average molecular weight is 357 g/mol. The molecule has 1 amide bonds. The summed E-state index contributed by atoms with van der Waals surface area (Å²) in [6, 6.07) is 7.67. The van der Waals surface area contributed by atoms with Gasteiger partial charge >= 0.3 is 0 Å². The molecule has 2 saturated carbocycles. The van der Waals surface area contributed by atoms with Gasteiger partial charge in [0, 0.05) is 12.2 Å². The van der Waals surface area contributed by atoms with Gasteiger partial charge < -0.3 is 10.1 Å². The van der Waals surface area contributed by atoms with E-state index in [0.717, 1.165) is 11.8 Å². The molecule has 5 nitrogen and oxygen atoms in total. The largest absolute Gasteiger partial charge is 0.471 e. The van der Waals surface area contributed by atoms with Crippen LogP contribution in [-0.4, -0.2) is 21.7 Å². The van der Waals surface area contributed by atoms with E-state index in [-0.39, 0.29) is 24.5 Å². The van der Waals surface area contributed by atoms with Crippen molar-refractivity contribution < 1.29 is 13.9 Å². The number of carbonyl (C=O) groups is 1. The molecule has 0 radical (unpaired) electrons. The zero-order valence-corrected chi connectivity index (χ0v) is 14.9. The molecule has 2 aromatic rings. The third-order valence-electron chi connectivity index (χ3n) is 5.84. The van der Waals surface area contributed by atoms with E-state index in [1.165, 1.54) is 37.8 Å². The molecule has 2 aliphatic rings. The van der Waals surface area contributed by atoms with Crippen LogP contribution in [-0.2, 0) is 6.73 Å². The fraction of sp³-hybridized carbons (Fsp3) is 0.500. The van der Waals surface area contributed by atoms with Crippen LogP contribution in [0.4, 0.5) is 4.39 Å². The molecule has 0 saturated heterocycles. The molecule has 1 N–H and O–H groups in total. The summed E-state index contributed by atoms with van der Waals surface area (Å²) < 4.78 is 20.0. The number of nitrogens with zero attached hydrogens (tertiary/aromatic N) is 2. The molecule has 0 aliphatic heterocycles. The van der Waals surface area contributed by atoms with Crippen molar-refractivity contribution in [1.29, 1.82) is 0 Å². The number of carbonyl (C=O) groups excluding carboxylic acids is 1. The van der Waals surface area contributed by atoms with Gasteiger partial charge in [0.05, 0.1) is 0 Å². The lowest BCUT2D eigenvalue weighted by Crippen LogP contribution is -2.40. The molecule has 4 rings (SSSR count). The van der Waals surface area contributed by atoms with E-state index in [9.17, 15) is 9.18 Å². The predicted molar refractivity (Wildman–Crippen MR) is 95.1 cm³/mol. The lowest BCUT2D eigenvalue weighted by Gasteiger charge is -2.28. The van der Waals surface area contributed by atoms with E-state index in [4.69, 9.17) is 4.74 Å². The van der Waals surface area contributed by atoms with Crippen LogP contribution in [0.3, 0.4) is 0 Å². The van der Waals surface area contributed by atoms with Crippen molar-refractivity contribution in [2.24, 2.45) is 17.8 Å². The zero-order chi connectivity index (χ0) is 18.1. The minimum atomic E-state index is -0.306. The summed E-state index contributed by atoms with van der Waals surface area (Å²) >= 11 is 0. The summed E-state index contributed by atoms with van der Waals surface area (Å²) in [5, 5.41) is 7.40. The van der Waals surface area contributed by atoms with Crippen LogP contribution in [0.2, 0.25) is 0 Å². The highest BCUT2D eigenvalue weighted by molar-refractivity contribution is 5.92. The van der Waals surface area contributed by atoms with Gasteiger partial charge in [0.2, 0.25) is 0 Å². The average Bonchev–Trinajstić information content (AvgIpc) is 3.37. The van der Waals surface area contributed by atoms with Crippen LogP contribution >= 0.6 is 0 Å². The summed E-state index contributed by atoms with van der Waals surface area (Å²) in [6.07, 6.45) is 6.96. The van der Waals surface area contributed by atoms with Gasteiger partial charge in [0.1, 0.15) is 17.3 Å². The van der Waals surface area contributed by atoms with Gasteiger partial charge in [-0.15, -0.1) is 0 Å². The quantitative estimate of drug-likeness (QED) is 0.859. The fourth-order valence-corrected chi connectivity index (χ4v) is 4.52. The first-order valence-electron chi connectivity index (χ1n) is 9.31. The molecular weight excluding hydrogens is 333 g/mol. The number of fused-ring (bicyclic) bond motifs is 2. The summed E-state index contributed by atoms with van der Waals surface area (Å²) in [6.45, 7) is 2.28. The van der Waals surface area contributed by atoms with E-state index in [2.05, 4.69) is 17.3 Å². The maximum absolute atomic E-state index is 12.9. The third kappa shape index (κ3) is 3.59. The van der Waals surface area contributed by atoms with E-state index in [1.54, 1.807) is 29.1 Å². The Kier molecular flexibility index (Phi) is 4.66. The van der Waals surface area contributed by atoms with Crippen molar-refractivity contribution in [1.82, 2.24) is 15.1 Å². The highest BCUT2D eigenvalue weighted by atomic mass is 19.1. The maximum Gasteiger partial charge on any atom is 0.271 e. The minimum absolute atomic E-state index is 0.138. The number of hydrogen-bond donors (Lipinski definition) is 1. The zero-order valence-electron chi connectivity index (χ0n) is 14.9. The van der Waals surface area contributed by atoms with Gasteiger partial charge in [-0.05, 0) is 74.3 Å². The Labute approximate surface area is 152 Å². The van der Waals surface area contributed by atoms with Gasteiger partial charge in [-0.3, -0.25) is 4.79 Å². The Balaban J connectivity index is 1.30. The molecule has 4 unspecified atom stereocenters. The molecule has 1 aromatic heterocycles. The third-order valence-corrected chi connectivity index (χ3v) is 5.84. The van der Waals surface area contributed by atoms with Crippen LogP contribution in [0.1, 0.15) is 43.1 Å². The Morgan fingerprint density at radius 3 is 2.81 bits per heavy atom. The fourth-order valence-electron chi connectivity index (χ4n) is 4.52. The first kappa shape index (κ1) is 17.1. The van der Waals surface area contributed by atoms with E-state index in [1.807, 2.05) is 0 Å². The van der Waals surface area contributed by atoms with Crippen molar-refractivity contribution in [2.45, 2.75) is 45.4 Å². The van der Waals surface area contributed by atoms with Crippen LogP contribution in [0.15, 0.2) is 36.5 Å². The highest BCUT2D eigenvalue weighted by Crippen LogP contribution is 2.49. The molecule has 1 aromatic carbocycles. The number of benzene rings is 1. The van der Waals surface area contributed by atoms with Crippen molar-refractivity contribution >= 4 is 5.91 Å². The second-order valence-corrected chi connectivity index (χ2v) is 7.57. The second kappa shape index (κ2) is 7.09. The topological polar surface area (TPSA) is 56.2 Å². The van der Waals surface area contributed by atoms with Gasteiger partial charge in [-0.1, -0.05) is 6.42 Å². The number of amides is 1. The summed E-state index contributed by atoms with van der Waals surface area (Å²) in [4.78, 5) is 12.5. The Morgan fingerprint density at radius 2 is 2.12 bits per heavy atom. The van der Waals surface area contributed by atoms with Crippen molar-refractivity contribution in [3.05, 3.63) is 48.0 Å². The van der Waals surface area contributed by atoms with Crippen LogP contribution in [0.25, 0.3) is 0 Å². The van der Waals surface area contributed by atoms with E-state index < -0.39 is 0 Å². The van der Waals surface area contributed by atoms with Crippen LogP contribution < -0.4 is 10.1 Å². The van der Waals surface area contributed by atoms with Crippen molar-refractivity contribution in [2.75, 3.05) is 0 Å². The highest BCUT2D eigenvalue weighted by Gasteiger charge is 2.42. The van der Waals surface area contributed by atoms with Gasteiger partial charge in [0.25, 0.3) is 5.91 Å². The van der Waals surface area contributed by atoms with Gasteiger partial charge in [-0.25, -0.2) is 9.07 Å². The molecule has 2 fully saturated rings. The molecule has 26 heavy (non-hydrogen) atoms. The minimum Gasteiger partial charge on any atom is -0.471 e. The normalized spacial score (nSPS) is 25.2. The van der Waals surface area contributed by atoms with Gasteiger partial charge in [-0.2, -0.15) is 5.10 Å². The second-order valence-electron chi connectivity index (χ2n) is 7.57. The summed E-state index contributed by atoms with van der Waals surface area (Å²) in [5.41, 5.74) is 0.391. The molecule has 0 spiro atoms. The molecule has 138 valence electrons. The van der Waals surface area contributed by atoms with E-state index >= 15 is 0 Å². The Hall–Kier alpha value is -2.37. The number of nitrogens with one attached hydrogen (secondary N) is 1. The summed E-state index contributed by atoms with van der Waals surface area (Å²) in [7, 11) is 0. The number of rotatable bonds is 6. The SMILES string of the molecule is CC(NC(=O)c1ccn(COc2ccc(F)cc2)n1)C1CC2CCC1C2. The number of ether oxygens (including phenoxy) is 1. The monoisotopic (exact) mass is 357 g/mol. The molecule has 1 heterocycles. The number of aromatic nitrogens is 2. The van der Waals surface area contributed by atoms with Gasteiger partial charge in [0.15, 0.2) is 6.73 Å². The molecule has 4 atom stereocenters. The first-order valence-corrected chi connectivity index (χ1v) is 9.31. The number of halogens is 1. The van der Waals surface area contributed by atoms with Crippen LogP contribution in [0, 0.1) is 23.6 Å². The molecule has 2 aliphatic carbocycles. The summed E-state index contributed by atoms with van der Waals surface area (Å²) in [5.74, 6) is 2.35. The molecule has 6 heteroatoms. The first-order chi connectivity index (χ1) is 12.6.